The predicted molar refractivity (Wildman–Crippen MR) is 85.1 cm³/mol. The third-order valence-electron chi connectivity index (χ3n) is 4.05. The normalized spacial score (nSPS) is 16.2. The highest BCUT2D eigenvalue weighted by molar-refractivity contribution is 5.64. The predicted octanol–water partition coefficient (Wildman–Crippen LogP) is 2.34. The van der Waals surface area contributed by atoms with Crippen molar-refractivity contribution in [2.75, 3.05) is 24.6 Å². The van der Waals surface area contributed by atoms with E-state index in [1.165, 1.54) is 12.8 Å². The minimum atomic E-state index is -0.310. The van der Waals surface area contributed by atoms with E-state index in [9.17, 15) is 0 Å². The highest BCUT2D eigenvalue weighted by atomic mass is 16.3. The first-order valence-electron chi connectivity index (χ1n) is 7.46. The molecule has 0 radical (unpaired) electrons. The monoisotopic (exact) mass is 283 g/mol. The van der Waals surface area contributed by atoms with Crippen molar-refractivity contribution in [2.24, 2.45) is 5.73 Å². The molecule has 1 atom stereocenters. The molecule has 110 valence electrons. The summed E-state index contributed by atoms with van der Waals surface area (Å²) < 4.78 is 0. The van der Waals surface area contributed by atoms with Gasteiger partial charge >= 0.3 is 0 Å². The summed E-state index contributed by atoms with van der Waals surface area (Å²) in [6.45, 7) is 2.19. The number of anilines is 1. The van der Waals surface area contributed by atoms with Gasteiger partial charge in [-0.15, -0.1) is 0 Å². The standard InChI is InChI=1S/C17H21N3O/c18-16(12-21)14-5-3-13(4-6-14)15-7-8-17(19-11-15)20-9-1-2-10-20/h3-8,11,16,21H,1-2,9-10,12,18H2/t16-/m0/s1. The van der Waals surface area contributed by atoms with E-state index < -0.39 is 0 Å². The van der Waals surface area contributed by atoms with Crippen molar-refractivity contribution in [1.29, 1.82) is 0 Å². The molecule has 21 heavy (non-hydrogen) atoms. The zero-order chi connectivity index (χ0) is 14.7. The van der Waals surface area contributed by atoms with Gasteiger partial charge in [0, 0.05) is 24.8 Å². The molecule has 3 N–H and O–H groups in total. The number of hydrogen-bond donors (Lipinski definition) is 2. The average molecular weight is 283 g/mol. The van der Waals surface area contributed by atoms with Crippen molar-refractivity contribution in [1.82, 2.24) is 4.98 Å². The summed E-state index contributed by atoms with van der Waals surface area (Å²) in [4.78, 5) is 6.90. The molecule has 4 nitrogen and oxygen atoms in total. The number of pyridine rings is 1. The second-order valence-corrected chi connectivity index (χ2v) is 5.51. The summed E-state index contributed by atoms with van der Waals surface area (Å²) in [6.07, 6.45) is 4.45. The largest absolute Gasteiger partial charge is 0.394 e. The first kappa shape index (κ1) is 14.0. The fourth-order valence-electron chi connectivity index (χ4n) is 2.72. The first-order chi connectivity index (χ1) is 10.3. The van der Waals surface area contributed by atoms with Gasteiger partial charge in [0.2, 0.25) is 0 Å². The van der Waals surface area contributed by atoms with Gasteiger partial charge in [-0.25, -0.2) is 4.98 Å². The number of aromatic nitrogens is 1. The van der Waals surface area contributed by atoms with Gasteiger partial charge in [0.1, 0.15) is 5.82 Å². The molecule has 0 spiro atoms. The van der Waals surface area contributed by atoms with Gasteiger partial charge in [-0.2, -0.15) is 0 Å². The fraction of sp³-hybridized carbons (Fsp3) is 0.353. The minimum Gasteiger partial charge on any atom is -0.394 e. The van der Waals surface area contributed by atoms with Crippen LogP contribution in [0, 0.1) is 0 Å². The van der Waals surface area contributed by atoms with Crippen molar-refractivity contribution < 1.29 is 5.11 Å². The maximum Gasteiger partial charge on any atom is 0.128 e. The average Bonchev–Trinajstić information content (AvgIpc) is 3.09. The molecule has 0 unspecified atom stereocenters. The molecular formula is C17H21N3O. The Morgan fingerprint density at radius 1 is 1.05 bits per heavy atom. The zero-order valence-electron chi connectivity index (χ0n) is 12.1. The molecule has 1 aromatic carbocycles. The van der Waals surface area contributed by atoms with E-state index in [4.69, 9.17) is 10.8 Å². The molecule has 1 fully saturated rings. The summed E-state index contributed by atoms with van der Waals surface area (Å²) in [5, 5.41) is 9.07. The molecule has 1 aliphatic heterocycles. The van der Waals surface area contributed by atoms with E-state index in [-0.39, 0.29) is 12.6 Å². The highest BCUT2D eigenvalue weighted by Crippen LogP contribution is 2.24. The van der Waals surface area contributed by atoms with Gasteiger partial charge < -0.3 is 15.7 Å². The Hall–Kier alpha value is -1.91. The molecule has 0 amide bonds. The Morgan fingerprint density at radius 3 is 2.29 bits per heavy atom. The van der Waals surface area contributed by atoms with E-state index >= 15 is 0 Å². The quantitative estimate of drug-likeness (QED) is 0.904. The Balaban J connectivity index is 1.77. The Morgan fingerprint density at radius 2 is 1.71 bits per heavy atom. The molecule has 0 aliphatic carbocycles. The van der Waals surface area contributed by atoms with Gasteiger partial charge in [-0.05, 0) is 36.1 Å². The first-order valence-corrected chi connectivity index (χ1v) is 7.46. The smallest absolute Gasteiger partial charge is 0.128 e. The van der Waals surface area contributed by atoms with E-state index in [2.05, 4.69) is 22.0 Å². The lowest BCUT2D eigenvalue weighted by Gasteiger charge is -2.16. The third-order valence-corrected chi connectivity index (χ3v) is 4.05. The lowest BCUT2D eigenvalue weighted by atomic mass is 10.0. The number of aliphatic hydroxyl groups is 1. The number of benzene rings is 1. The second kappa shape index (κ2) is 6.24. The lowest BCUT2D eigenvalue weighted by Crippen LogP contribution is -2.18. The van der Waals surface area contributed by atoms with E-state index in [1.807, 2.05) is 30.5 Å². The third kappa shape index (κ3) is 3.06. The molecule has 0 saturated carbocycles. The molecule has 4 heteroatoms. The maximum absolute atomic E-state index is 9.07. The summed E-state index contributed by atoms with van der Waals surface area (Å²) in [6, 6.07) is 11.9. The molecular weight excluding hydrogens is 262 g/mol. The summed E-state index contributed by atoms with van der Waals surface area (Å²) in [7, 11) is 0. The lowest BCUT2D eigenvalue weighted by molar-refractivity contribution is 0.268. The van der Waals surface area contributed by atoms with Crippen LogP contribution in [-0.2, 0) is 0 Å². The maximum atomic E-state index is 9.07. The van der Waals surface area contributed by atoms with Crippen LogP contribution in [0.5, 0.6) is 0 Å². The van der Waals surface area contributed by atoms with Crippen molar-refractivity contribution in [3.63, 3.8) is 0 Å². The minimum absolute atomic E-state index is 0.0363. The van der Waals surface area contributed by atoms with E-state index in [0.717, 1.165) is 35.6 Å². The number of rotatable bonds is 4. The van der Waals surface area contributed by atoms with Crippen molar-refractivity contribution in [3.8, 4) is 11.1 Å². The summed E-state index contributed by atoms with van der Waals surface area (Å²) >= 11 is 0. The molecule has 1 saturated heterocycles. The van der Waals surface area contributed by atoms with Gasteiger partial charge in [0.15, 0.2) is 0 Å². The van der Waals surface area contributed by atoms with Crippen LogP contribution < -0.4 is 10.6 Å². The van der Waals surface area contributed by atoms with E-state index in [1.54, 1.807) is 0 Å². The van der Waals surface area contributed by atoms with Crippen LogP contribution in [-0.4, -0.2) is 29.8 Å². The molecule has 2 heterocycles. The second-order valence-electron chi connectivity index (χ2n) is 5.51. The number of aliphatic hydroxyl groups excluding tert-OH is 1. The molecule has 1 aromatic heterocycles. The van der Waals surface area contributed by atoms with Crippen molar-refractivity contribution in [2.45, 2.75) is 18.9 Å². The van der Waals surface area contributed by atoms with Crippen LogP contribution in [0.15, 0.2) is 42.6 Å². The molecule has 0 bridgehead atoms. The van der Waals surface area contributed by atoms with Crippen LogP contribution in [0.1, 0.15) is 24.4 Å². The Labute approximate surface area is 125 Å². The molecule has 1 aliphatic rings. The van der Waals surface area contributed by atoms with Gasteiger partial charge in [-0.3, -0.25) is 0 Å². The number of hydrogen-bond acceptors (Lipinski definition) is 4. The van der Waals surface area contributed by atoms with Crippen LogP contribution in [0.3, 0.4) is 0 Å². The summed E-state index contributed by atoms with van der Waals surface area (Å²) in [5.41, 5.74) is 8.97. The Bertz CT molecular complexity index is 574. The number of nitrogens with two attached hydrogens (primary N) is 1. The SMILES string of the molecule is N[C@@H](CO)c1ccc(-c2ccc(N3CCCC3)nc2)cc1. The van der Waals surface area contributed by atoms with Crippen molar-refractivity contribution in [3.05, 3.63) is 48.2 Å². The fourth-order valence-corrected chi connectivity index (χ4v) is 2.72. The number of nitrogens with zero attached hydrogens (tertiary/aromatic N) is 2. The van der Waals surface area contributed by atoms with E-state index in [0.29, 0.717) is 0 Å². The van der Waals surface area contributed by atoms with Gasteiger partial charge in [-0.1, -0.05) is 24.3 Å². The molecule has 3 rings (SSSR count). The van der Waals surface area contributed by atoms with Crippen LogP contribution >= 0.6 is 0 Å². The summed E-state index contributed by atoms with van der Waals surface area (Å²) in [5.74, 6) is 1.06. The highest BCUT2D eigenvalue weighted by Gasteiger charge is 2.13. The van der Waals surface area contributed by atoms with Crippen LogP contribution in [0.4, 0.5) is 5.82 Å². The topological polar surface area (TPSA) is 62.4 Å². The van der Waals surface area contributed by atoms with Crippen molar-refractivity contribution >= 4 is 5.82 Å². The van der Waals surface area contributed by atoms with Gasteiger partial charge in [0.25, 0.3) is 0 Å². The van der Waals surface area contributed by atoms with Crippen LogP contribution in [0.25, 0.3) is 11.1 Å². The van der Waals surface area contributed by atoms with Crippen LogP contribution in [0.2, 0.25) is 0 Å². The molecule has 2 aromatic rings. The van der Waals surface area contributed by atoms with Gasteiger partial charge in [0.05, 0.1) is 12.6 Å². The Kier molecular flexibility index (Phi) is 4.18. The zero-order valence-corrected chi connectivity index (χ0v) is 12.1.